The van der Waals surface area contributed by atoms with Gasteiger partial charge in [-0.1, -0.05) is 47.0 Å². The first-order valence-electron chi connectivity index (χ1n) is 7.15. The molecule has 4 heteroatoms. The minimum absolute atomic E-state index is 0.206. The summed E-state index contributed by atoms with van der Waals surface area (Å²) in [4.78, 5) is 15.8. The van der Waals surface area contributed by atoms with Crippen molar-refractivity contribution in [2.75, 3.05) is 11.9 Å². The number of fused-ring (bicyclic) bond motifs is 1. The molecule has 1 aromatic carbocycles. The number of benzene rings is 1. The molecule has 1 unspecified atom stereocenters. The highest BCUT2D eigenvalue weighted by atomic mass is 79.9. The van der Waals surface area contributed by atoms with Gasteiger partial charge in [-0.3, -0.25) is 4.79 Å². The lowest BCUT2D eigenvalue weighted by atomic mass is 10.1. The zero-order valence-corrected chi connectivity index (χ0v) is 13.8. The van der Waals surface area contributed by atoms with Gasteiger partial charge < -0.3 is 4.90 Å². The summed E-state index contributed by atoms with van der Waals surface area (Å²) in [6, 6.07) is 10.6. The summed E-state index contributed by atoms with van der Waals surface area (Å²) in [5, 5.41) is 2.05. The van der Waals surface area contributed by atoms with Crippen molar-refractivity contribution in [3.05, 3.63) is 35.2 Å². The maximum Gasteiger partial charge on any atom is 0.264 e. The van der Waals surface area contributed by atoms with Crippen molar-refractivity contribution >= 4 is 43.3 Å². The van der Waals surface area contributed by atoms with Crippen molar-refractivity contribution in [2.24, 2.45) is 0 Å². The quantitative estimate of drug-likeness (QED) is 0.719. The number of likely N-dealkylation sites (tertiary alicyclic amines) is 1. The Morgan fingerprint density at radius 1 is 1.30 bits per heavy atom. The van der Waals surface area contributed by atoms with E-state index in [-0.39, 0.29) is 5.91 Å². The Morgan fingerprint density at radius 2 is 2.15 bits per heavy atom. The summed E-state index contributed by atoms with van der Waals surface area (Å²) in [6.07, 6.45) is 4.70. The average molecular weight is 352 g/mol. The minimum atomic E-state index is 0.206. The molecule has 0 saturated carbocycles. The lowest BCUT2D eigenvalue weighted by molar-refractivity contribution is 0.0707. The Bertz CT molecular complexity index is 576. The molecule has 3 rings (SSSR count). The predicted octanol–water partition coefficient (Wildman–Crippen LogP) is 4.68. The third-order valence-corrected chi connectivity index (χ3v) is 5.80. The number of thiophene rings is 1. The fourth-order valence-corrected chi connectivity index (χ4v) is 4.53. The van der Waals surface area contributed by atoms with Gasteiger partial charge in [-0.25, -0.2) is 0 Å². The van der Waals surface area contributed by atoms with E-state index in [9.17, 15) is 4.79 Å². The van der Waals surface area contributed by atoms with Gasteiger partial charge in [-0.2, -0.15) is 0 Å². The molecule has 1 saturated heterocycles. The van der Waals surface area contributed by atoms with Crippen LogP contribution in [0.5, 0.6) is 0 Å². The zero-order valence-electron chi connectivity index (χ0n) is 11.3. The molecule has 1 aromatic heterocycles. The molecular weight excluding hydrogens is 334 g/mol. The number of hydrogen-bond donors (Lipinski definition) is 0. The van der Waals surface area contributed by atoms with E-state index < -0.39 is 0 Å². The van der Waals surface area contributed by atoms with Gasteiger partial charge in [0.2, 0.25) is 0 Å². The second-order valence-electron chi connectivity index (χ2n) is 5.30. The summed E-state index contributed by atoms with van der Waals surface area (Å²) >= 11 is 5.18. The second-order valence-corrected chi connectivity index (χ2v) is 7.04. The van der Waals surface area contributed by atoms with Crippen LogP contribution in [0.1, 0.15) is 35.4 Å². The molecule has 0 spiro atoms. The van der Waals surface area contributed by atoms with Crippen molar-refractivity contribution in [3.63, 3.8) is 0 Å². The number of carbonyl (C=O) groups is 1. The summed E-state index contributed by atoms with van der Waals surface area (Å²) in [7, 11) is 0. The van der Waals surface area contributed by atoms with Gasteiger partial charge in [0.25, 0.3) is 5.91 Å². The van der Waals surface area contributed by atoms with E-state index in [2.05, 4.69) is 33.0 Å². The molecule has 1 aliphatic rings. The van der Waals surface area contributed by atoms with Crippen LogP contribution in [0, 0.1) is 0 Å². The number of hydrogen-bond acceptors (Lipinski definition) is 2. The number of rotatable bonds is 2. The first kappa shape index (κ1) is 14.1. The lowest BCUT2D eigenvalue weighted by Gasteiger charge is -2.28. The summed E-state index contributed by atoms with van der Waals surface area (Å²) < 4.78 is 1.20. The van der Waals surface area contributed by atoms with Crippen molar-refractivity contribution in [3.8, 4) is 0 Å². The number of carbonyl (C=O) groups excluding carboxylic acids is 1. The van der Waals surface area contributed by atoms with Gasteiger partial charge in [0.1, 0.15) is 0 Å². The highest BCUT2D eigenvalue weighted by Crippen LogP contribution is 2.28. The molecule has 106 valence electrons. The molecule has 1 fully saturated rings. The number of nitrogens with zero attached hydrogens (tertiary/aromatic N) is 1. The summed E-state index contributed by atoms with van der Waals surface area (Å²) in [5.74, 6) is 0.206. The molecule has 20 heavy (non-hydrogen) atoms. The van der Waals surface area contributed by atoms with E-state index in [1.165, 1.54) is 22.9 Å². The van der Waals surface area contributed by atoms with Crippen molar-refractivity contribution in [1.29, 1.82) is 0 Å². The Kier molecular flexibility index (Phi) is 4.41. The highest BCUT2D eigenvalue weighted by Gasteiger charge is 2.26. The van der Waals surface area contributed by atoms with Crippen LogP contribution in [-0.4, -0.2) is 28.7 Å². The van der Waals surface area contributed by atoms with Crippen LogP contribution < -0.4 is 0 Å². The van der Waals surface area contributed by atoms with E-state index in [0.29, 0.717) is 6.04 Å². The Morgan fingerprint density at radius 3 is 2.95 bits per heavy atom. The molecule has 0 aliphatic carbocycles. The van der Waals surface area contributed by atoms with Gasteiger partial charge in [0.05, 0.1) is 4.88 Å². The lowest BCUT2D eigenvalue weighted by Crippen LogP contribution is -2.40. The number of halogens is 1. The molecule has 0 bridgehead atoms. The maximum absolute atomic E-state index is 12.8. The molecule has 1 amide bonds. The number of alkyl halides is 1. The summed E-state index contributed by atoms with van der Waals surface area (Å²) in [5.41, 5.74) is 0. The standard InChI is InChI=1S/C16H18BrNOS/c17-11-13-7-2-1-5-9-18(13)16(19)15-10-12-6-3-4-8-14(12)20-15/h3-4,6,8,10,13H,1-2,5,7,9,11H2. The third-order valence-electron chi connectivity index (χ3n) is 3.95. The first-order chi connectivity index (χ1) is 9.79. The highest BCUT2D eigenvalue weighted by molar-refractivity contribution is 9.09. The Labute approximate surface area is 131 Å². The zero-order chi connectivity index (χ0) is 13.9. The van der Waals surface area contributed by atoms with Gasteiger partial charge in [0.15, 0.2) is 0 Å². The molecule has 1 aliphatic heterocycles. The third kappa shape index (κ3) is 2.77. The van der Waals surface area contributed by atoms with Crippen LogP contribution in [-0.2, 0) is 0 Å². The second kappa shape index (κ2) is 6.27. The monoisotopic (exact) mass is 351 g/mol. The first-order valence-corrected chi connectivity index (χ1v) is 9.09. The molecule has 0 radical (unpaired) electrons. The summed E-state index contributed by atoms with van der Waals surface area (Å²) in [6.45, 7) is 0.892. The normalized spacial score (nSPS) is 20.1. The molecule has 1 atom stereocenters. The van der Waals surface area contributed by atoms with Crippen molar-refractivity contribution in [2.45, 2.75) is 31.7 Å². The van der Waals surface area contributed by atoms with E-state index >= 15 is 0 Å². The molecule has 0 N–H and O–H groups in total. The van der Waals surface area contributed by atoms with Crippen molar-refractivity contribution in [1.82, 2.24) is 4.90 Å². The smallest absolute Gasteiger partial charge is 0.264 e. The van der Waals surface area contributed by atoms with Gasteiger partial charge in [0, 0.05) is 22.6 Å². The van der Waals surface area contributed by atoms with Crippen LogP contribution in [0.15, 0.2) is 30.3 Å². The van der Waals surface area contributed by atoms with E-state index in [1.807, 2.05) is 18.2 Å². The minimum Gasteiger partial charge on any atom is -0.334 e. The fourth-order valence-electron chi connectivity index (χ4n) is 2.83. The van der Waals surface area contributed by atoms with Crippen LogP contribution in [0.3, 0.4) is 0 Å². The van der Waals surface area contributed by atoms with Crippen LogP contribution >= 0.6 is 27.3 Å². The van der Waals surface area contributed by atoms with Crippen LogP contribution in [0.2, 0.25) is 0 Å². The topological polar surface area (TPSA) is 20.3 Å². The van der Waals surface area contributed by atoms with E-state index in [1.54, 1.807) is 11.3 Å². The molecule has 2 heterocycles. The van der Waals surface area contributed by atoms with Crippen LogP contribution in [0.4, 0.5) is 0 Å². The van der Waals surface area contributed by atoms with E-state index in [4.69, 9.17) is 0 Å². The Balaban J connectivity index is 1.89. The van der Waals surface area contributed by atoms with Gasteiger partial charge >= 0.3 is 0 Å². The Hall–Kier alpha value is -0.870. The number of amides is 1. The largest absolute Gasteiger partial charge is 0.334 e. The molecule has 2 nitrogen and oxygen atoms in total. The van der Waals surface area contributed by atoms with Crippen molar-refractivity contribution < 1.29 is 4.79 Å². The fraction of sp³-hybridized carbons (Fsp3) is 0.438. The predicted molar refractivity (Wildman–Crippen MR) is 88.9 cm³/mol. The van der Waals surface area contributed by atoms with Gasteiger partial charge in [-0.05, 0) is 30.4 Å². The maximum atomic E-state index is 12.8. The van der Waals surface area contributed by atoms with Crippen LogP contribution in [0.25, 0.3) is 10.1 Å². The SMILES string of the molecule is O=C(c1cc2ccccc2s1)N1CCCCCC1CBr. The molecular formula is C16H18BrNOS. The van der Waals surface area contributed by atoms with Gasteiger partial charge in [-0.15, -0.1) is 11.3 Å². The average Bonchev–Trinajstić information content (AvgIpc) is 2.77. The van der Waals surface area contributed by atoms with E-state index in [0.717, 1.165) is 29.6 Å². The molecule has 2 aromatic rings.